The molecule has 0 aliphatic carbocycles. The molecular formula is C18H25ClN4O2. The number of aryl methyl sites for hydroxylation is 2. The summed E-state index contributed by atoms with van der Waals surface area (Å²) in [6.45, 7) is 8.13. The monoisotopic (exact) mass is 364 g/mol. The third-order valence-corrected chi connectivity index (χ3v) is 5.14. The topological polar surface area (TPSA) is 63.3 Å². The van der Waals surface area contributed by atoms with Crippen molar-refractivity contribution in [3.8, 4) is 0 Å². The summed E-state index contributed by atoms with van der Waals surface area (Å²) in [6.07, 6.45) is 3.27. The molecular weight excluding hydrogens is 340 g/mol. The quantitative estimate of drug-likeness (QED) is 0.766. The van der Waals surface area contributed by atoms with E-state index < -0.39 is 0 Å². The second-order valence-corrected chi connectivity index (χ2v) is 6.94. The molecule has 0 spiro atoms. The maximum atomic E-state index is 12.2. The van der Waals surface area contributed by atoms with E-state index in [1.807, 2.05) is 24.6 Å². The molecule has 1 fully saturated rings. The average molecular weight is 365 g/mol. The zero-order valence-electron chi connectivity index (χ0n) is 14.8. The highest BCUT2D eigenvalue weighted by atomic mass is 35.5. The minimum Gasteiger partial charge on any atom is -0.455 e. The molecule has 2 aromatic heterocycles. The summed E-state index contributed by atoms with van der Waals surface area (Å²) in [5.41, 5.74) is 1.80. The summed E-state index contributed by atoms with van der Waals surface area (Å²) in [6, 6.07) is 3.65. The number of halogens is 1. The molecule has 0 saturated carbocycles. The third-order valence-electron chi connectivity index (χ3n) is 4.59. The summed E-state index contributed by atoms with van der Waals surface area (Å²) in [5.74, 6) is 1.06. The number of nitrogens with one attached hydrogen (secondary N) is 1. The summed E-state index contributed by atoms with van der Waals surface area (Å²) in [5, 5.41) is 8.00. The predicted molar refractivity (Wildman–Crippen MR) is 96.9 cm³/mol. The van der Waals surface area contributed by atoms with Gasteiger partial charge in [-0.1, -0.05) is 11.6 Å². The van der Waals surface area contributed by atoms with Crippen LogP contribution in [0.2, 0.25) is 5.02 Å². The average Bonchev–Trinajstić information content (AvgIpc) is 3.32. The largest absolute Gasteiger partial charge is 0.455 e. The van der Waals surface area contributed by atoms with E-state index in [1.165, 1.54) is 12.8 Å². The van der Waals surface area contributed by atoms with Gasteiger partial charge in [-0.3, -0.25) is 14.4 Å². The Morgan fingerprint density at radius 1 is 1.32 bits per heavy atom. The van der Waals surface area contributed by atoms with Crippen LogP contribution < -0.4 is 5.32 Å². The minimum atomic E-state index is -0.168. The predicted octanol–water partition coefficient (Wildman–Crippen LogP) is 3.16. The van der Waals surface area contributed by atoms with Gasteiger partial charge >= 0.3 is 0 Å². The molecule has 136 valence electrons. The Kier molecular flexibility index (Phi) is 5.81. The number of hydrogen-bond donors (Lipinski definition) is 1. The molecule has 0 atom stereocenters. The number of carbonyl (C=O) groups excluding carboxylic acids is 1. The highest BCUT2D eigenvalue weighted by Gasteiger charge is 2.16. The number of nitrogens with zero attached hydrogens (tertiary/aromatic N) is 3. The molecule has 6 nitrogen and oxygen atoms in total. The number of aromatic nitrogens is 2. The SMILES string of the molecule is Cc1nn(CCCNC(=O)c2ccc(CN3CCCC3)o2)c(C)c1Cl. The van der Waals surface area contributed by atoms with Crippen LogP contribution in [0.15, 0.2) is 16.5 Å². The Morgan fingerprint density at radius 2 is 2.08 bits per heavy atom. The number of rotatable bonds is 7. The molecule has 2 aromatic rings. The number of amides is 1. The summed E-state index contributed by atoms with van der Waals surface area (Å²) >= 11 is 6.14. The fourth-order valence-electron chi connectivity index (χ4n) is 3.16. The Labute approximate surface area is 153 Å². The van der Waals surface area contributed by atoms with Gasteiger partial charge in [0, 0.05) is 13.1 Å². The van der Waals surface area contributed by atoms with Crippen molar-refractivity contribution in [3.05, 3.63) is 40.1 Å². The van der Waals surface area contributed by atoms with Crippen molar-refractivity contribution in [1.82, 2.24) is 20.0 Å². The molecule has 0 aromatic carbocycles. The first-order chi connectivity index (χ1) is 12.0. The summed E-state index contributed by atoms with van der Waals surface area (Å²) < 4.78 is 7.55. The smallest absolute Gasteiger partial charge is 0.286 e. The molecule has 0 radical (unpaired) electrons. The van der Waals surface area contributed by atoms with Crippen molar-refractivity contribution in [1.29, 1.82) is 0 Å². The molecule has 3 rings (SSSR count). The molecule has 0 bridgehead atoms. The maximum absolute atomic E-state index is 12.2. The molecule has 1 amide bonds. The van der Waals surface area contributed by atoms with Crippen molar-refractivity contribution < 1.29 is 9.21 Å². The second kappa shape index (κ2) is 8.06. The van der Waals surface area contributed by atoms with Gasteiger partial charge in [0.05, 0.1) is 23.0 Å². The third kappa shape index (κ3) is 4.44. The van der Waals surface area contributed by atoms with Gasteiger partial charge in [-0.25, -0.2) is 0 Å². The van der Waals surface area contributed by atoms with Gasteiger partial charge in [0.15, 0.2) is 5.76 Å². The lowest BCUT2D eigenvalue weighted by molar-refractivity contribution is 0.0921. The van der Waals surface area contributed by atoms with Crippen molar-refractivity contribution in [3.63, 3.8) is 0 Å². The number of hydrogen-bond acceptors (Lipinski definition) is 4. The first kappa shape index (κ1) is 18.0. The number of likely N-dealkylation sites (tertiary alicyclic amines) is 1. The minimum absolute atomic E-state index is 0.168. The van der Waals surface area contributed by atoms with E-state index in [4.69, 9.17) is 16.0 Å². The molecule has 1 aliphatic rings. The maximum Gasteiger partial charge on any atom is 0.286 e. The van der Waals surface area contributed by atoms with Gasteiger partial charge < -0.3 is 9.73 Å². The van der Waals surface area contributed by atoms with Crippen LogP contribution >= 0.6 is 11.6 Å². The normalized spacial score (nSPS) is 15.0. The van der Waals surface area contributed by atoms with Crippen LogP contribution in [0.5, 0.6) is 0 Å². The van der Waals surface area contributed by atoms with E-state index in [-0.39, 0.29) is 5.91 Å². The molecule has 1 N–H and O–H groups in total. The Morgan fingerprint density at radius 3 is 2.76 bits per heavy atom. The van der Waals surface area contributed by atoms with Crippen molar-refractivity contribution in [2.75, 3.05) is 19.6 Å². The standard InChI is InChI=1S/C18H25ClN4O2/c1-13-17(19)14(2)23(21-13)11-5-8-20-18(24)16-7-6-15(25-16)12-22-9-3-4-10-22/h6-7H,3-5,8-12H2,1-2H3,(H,20,24). The number of furan rings is 1. The Hall–Kier alpha value is -1.79. The van der Waals surface area contributed by atoms with E-state index in [2.05, 4.69) is 15.3 Å². The first-order valence-corrected chi connectivity index (χ1v) is 9.21. The van der Waals surface area contributed by atoms with Crippen molar-refractivity contribution in [2.45, 2.75) is 46.2 Å². The van der Waals surface area contributed by atoms with E-state index in [0.717, 1.165) is 49.7 Å². The molecule has 0 unspecified atom stereocenters. The Balaban J connectivity index is 1.43. The lowest BCUT2D eigenvalue weighted by atomic mass is 10.3. The number of carbonyl (C=O) groups is 1. The van der Waals surface area contributed by atoms with Gasteiger partial charge in [0.1, 0.15) is 5.76 Å². The fourth-order valence-corrected chi connectivity index (χ4v) is 3.29. The van der Waals surface area contributed by atoms with Crippen LogP contribution in [0.3, 0.4) is 0 Å². The van der Waals surface area contributed by atoms with Crippen molar-refractivity contribution in [2.24, 2.45) is 0 Å². The van der Waals surface area contributed by atoms with Gasteiger partial charge in [-0.05, 0) is 58.3 Å². The summed E-state index contributed by atoms with van der Waals surface area (Å²) in [7, 11) is 0. The lowest BCUT2D eigenvalue weighted by Crippen LogP contribution is -2.25. The molecule has 25 heavy (non-hydrogen) atoms. The van der Waals surface area contributed by atoms with Crippen LogP contribution in [-0.4, -0.2) is 40.2 Å². The van der Waals surface area contributed by atoms with Gasteiger partial charge in [-0.15, -0.1) is 0 Å². The van der Waals surface area contributed by atoms with Crippen molar-refractivity contribution >= 4 is 17.5 Å². The van der Waals surface area contributed by atoms with E-state index in [1.54, 1.807) is 6.07 Å². The highest BCUT2D eigenvalue weighted by Crippen LogP contribution is 2.19. The van der Waals surface area contributed by atoms with Crippen LogP contribution in [0.1, 0.15) is 47.0 Å². The van der Waals surface area contributed by atoms with Gasteiger partial charge in [-0.2, -0.15) is 5.10 Å². The van der Waals surface area contributed by atoms with E-state index in [9.17, 15) is 4.79 Å². The first-order valence-electron chi connectivity index (χ1n) is 8.83. The summed E-state index contributed by atoms with van der Waals surface area (Å²) in [4.78, 5) is 14.5. The van der Waals surface area contributed by atoms with Gasteiger partial charge in [0.25, 0.3) is 5.91 Å². The molecule has 1 saturated heterocycles. The second-order valence-electron chi connectivity index (χ2n) is 6.57. The highest BCUT2D eigenvalue weighted by molar-refractivity contribution is 6.31. The molecule has 1 aliphatic heterocycles. The zero-order chi connectivity index (χ0) is 17.8. The van der Waals surface area contributed by atoms with Crippen LogP contribution in [0.25, 0.3) is 0 Å². The molecule has 7 heteroatoms. The van der Waals surface area contributed by atoms with E-state index >= 15 is 0 Å². The van der Waals surface area contributed by atoms with Crippen LogP contribution in [0, 0.1) is 13.8 Å². The Bertz CT molecular complexity index is 732. The zero-order valence-corrected chi connectivity index (χ0v) is 15.6. The lowest BCUT2D eigenvalue weighted by Gasteiger charge is -2.11. The van der Waals surface area contributed by atoms with Crippen LogP contribution in [0.4, 0.5) is 0 Å². The molecule has 3 heterocycles. The fraction of sp³-hybridized carbons (Fsp3) is 0.556. The van der Waals surface area contributed by atoms with Gasteiger partial charge in [0.2, 0.25) is 0 Å². The van der Waals surface area contributed by atoms with E-state index in [0.29, 0.717) is 17.3 Å². The van der Waals surface area contributed by atoms with Crippen LogP contribution in [-0.2, 0) is 13.1 Å².